The predicted octanol–water partition coefficient (Wildman–Crippen LogP) is 5.89. The molecule has 3 unspecified atom stereocenters. The Labute approximate surface area is 201 Å². The molecule has 178 valence electrons. The highest BCUT2D eigenvalue weighted by Gasteiger charge is 2.45. The van der Waals surface area contributed by atoms with Crippen LogP contribution in [0.15, 0.2) is 66.7 Å². The fraction of sp³-hybridized carbons (Fsp3) is 0.379. The van der Waals surface area contributed by atoms with Gasteiger partial charge in [0.05, 0.1) is 18.1 Å². The molecule has 2 heterocycles. The molecule has 1 saturated heterocycles. The van der Waals surface area contributed by atoms with Gasteiger partial charge in [0.25, 0.3) is 0 Å². The zero-order valence-corrected chi connectivity index (χ0v) is 19.9. The smallest absolute Gasteiger partial charge is 0.149 e. The topological polar surface area (TPSA) is 62.2 Å². The lowest BCUT2D eigenvalue weighted by atomic mass is 9.67. The third-order valence-corrected chi connectivity index (χ3v) is 7.42. The number of benzene rings is 3. The van der Waals surface area contributed by atoms with Gasteiger partial charge >= 0.3 is 0 Å². The maximum absolute atomic E-state index is 10.1. The summed E-state index contributed by atoms with van der Waals surface area (Å²) in [6.45, 7) is 6.83. The number of hydrogen-bond donors (Lipinski definition) is 2. The minimum atomic E-state index is -0.573. The molecule has 2 aliphatic rings. The maximum Gasteiger partial charge on any atom is 0.149 e. The first-order valence-corrected chi connectivity index (χ1v) is 12.2. The Morgan fingerprint density at radius 3 is 2.38 bits per heavy atom. The molecule has 0 aliphatic carbocycles. The van der Waals surface area contributed by atoms with Crippen LogP contribution in [0.4, 0.5) is 0 Å². The summed E-state index contributed by atoms with van der Waals surface area (Å²) in [4.78, 5) is 2.41. The summed E-state index contributed by atoms with van der Waals surface area (Å²) in [5, 5.41) is 20.0. The quantitative estimate of drug-likeness (QED) is 0.498. The van der Waals surface area contributed by atoms with Crippen molar-refractivity contribution in [3.63, 3.8) is 0 Å². The summed E-state index contributed by atoms with van der Waals surface area (Å²) in [6, 6.07) is 21.0. The van der Waals surface area contributed by atoms with Crippen LogP contribution in [0, 0.1) is 0 Å². The first kappa shape index (κ1) is 22.8. The van der Waals surface area contributed by atoms with Crippen molar-refractivity contribution in [1.29, 1.82) is 0 Å². The molecule has 5 nitrogen and oxygen atoms in total. The molecule has 3 aromatic carbocycles. The summed E-state index contributed by atoms with van der Waals surface area (Å²) in [7, 11) is 0. The molecular formula is C29H33NO4. The first-order chi connectivity index (χ1) is 16.5. The minimum Gasteiger partial charge on any atom is -0.508 e. The lowest BCUT2D eigenvalue weighted by molar-refractivity contribution is -0.0188. The van der Waals surface area contributed by atoms with E-state index in [1.807, 2.05) is 36.4 Å². The predicted molar refractivity (Wildman–Crippen MR) is 132 cm³/mol. The Bertz CT molecular complexity index is 1140. The summed E-state index contributed by atoms with van der Waals surface area (Å²) >= 11 is 0. The number of ether oxygens (including phenoxy) is 2. The highest BCUT2D eigenvalue weighted by molar-refractivity contribution is 5.54. The molecule has 5 rings (SSSR count). The van der Waals surface area contributed by atoms with Crippen molar-refractivity contribution in [2.75, 3.05) is 13.1 Å². The Kier molecular flexibility index (Phi) is 6.24. The number of nitrogens with zero attached hydrogens (tertiary/aromatic N) is 1. The number of fused-ring (bicyclic) bond motifs is 1. The van der Waals surface area contributed by atoms with Gasteiger partial charge in [0.2, 0.25) is 0 Å². The standard InChI is InChI=1S/C29H33NO4/c1-20(30-16-6-3-7-17-30)34-27-9-5-4-8-26(27)29(2)25-15-14-24(32)18-22(25)19-33-28(29)21-10-12-23(31)13-11-21/h4-5,8-15,18,20,28,31-32H,3,6-7,16-17,19H2,1-2H3. The second-order valence-corrected chi connectivity index (χ2v) is 9.64. The van der Waals surface area contributed by atoms with Gasteiger partial charge in [0.1, 0.15) is 23.5 Å². The minimum absolute atomic E-state index is 0.0269. The fourth-order valence-corrected chi connectivity index (χ4v) is 5.59. The van der Waals surface area contributed by atoms with Crippen molar-refractivity contribution >= 4 is 0 Å². The van der Waals surface area contributed by atoms with E-state index in [0.29, 0.717) is 6.61 Å². The molecular weight excluding hydrogens is 426 g/mol. The molecule has 3 aromatic rings. The van der Waals surface area contributed by atoms with Crippen molar-refractivity contribution in [3.05, 3.63) is 89.0 Å². The van der Waals surface area contributed by atoms with Gasteiger partial charge in [-0.25, -0.2) is 0 Å². The third kappa shape index (κ3) is 4.15. The average molecular weight is 460 g/mol. The number of hydrogen-bond acceptors (Lipinski definition) is 5. The van der Waals surface area contributed by atoms with Gasteiger partial charge < -0.3 is 19.7 Å². The summed E-state index contributed by atoms with van der Waals surface area (Å²) < 4.78 is 13.1. The molecule has 0 aromatic heterocycles. The van der Waals surface area contributed by atoms with E-state index in [1.54, 1.807) is 24.3 Å². The van der Waals surface area contributed by atoms with Crippen LogP contribution in [-0.4, -0.2) is 34.4 Å². The third-order valence-electron chi connectivity index (χ3n) is 7.42. The zero-order chi connectivity index (χ0) is 23.7. The average Bonchev–Trinajstić information content (AvgIpc) is 2.85. The number of para-hydroxylation sites is 1. The Morgan fingerprint density at radius 1 is 0.912 bits per heavy atom. The number of phenolic OH excluding ortho intramolecular Hbond substituents is 2. The van der Waals surface area contributed by atoms with Crippen LogP contribution in [0.2, 0.25) is 0 Å². The fourth-order valence-electron chi connectivity index (χ4n) is 5.59. The van der Waals surface area contributed by atoms with Gasteiger partial charge in [0, 0.05) is 18.7 Å². The van der Waals surface area contributed by atoms with Gasteiger partial charge in [-0.15, -0.1) is 0 Å². The van der Waals surface area contributed by atoms with E-state index in [0.717, 1.165) is 41.1 Å². The molecule has 34 heavy (non-hydrogen) atoms. The molecule has 0 saturated carbocycles. The van der Waals surface area contributed by atoms with E-state index in [1.165, 1.54) is 19.3 Å². The highest BCUT2D eigenvalue weighted by atomic mass is 16.5. The molecule has 3 atom stereocenters. The summed E-state index contributed by atoms with van der Waals surface area (Å²) in [6.07, 6.45) is 3.38. The van der Waals surface area contributed by atoms with Crippen molar-refractivity contribution in [2.24, 2.45) is 0 Å². The molecule has 2 N–H and O–H groups in total. The van der Waals surface area contributed by atoms with E-state index in [-0.39, 0.29) is 23.8 Å². The molecule has 0 amide bonds. The molecule has 0 radical (unpaired) electrons. The van der Waals surface area contributed by atoms with Crippen LogP contribution in [-0.2, 0) is 16.8 Å². The van der Waals surface area contributed by atoms with Gasteiger partial charge in [-0.3, -0.25) is 4.90 Å². The Balaban J connectivity index is 1.61. The van der Waals surface area contributed by atoms with Crippen molar-refractivity contribution in [2.45, 2.75) is 57.5 Å². The number of aromatic hydroxyl groups is 2. The van der Waals surface area contributed by atoms with Gasteiger partial charge in [-0.05, 0) is 73.7 Å². The lowest BCUT2D eigenvalue weighted by Crippen LogP contribution is -2.42. The van der Waals surface area contributed by atoms with Gasteiger partial charge in [-0.2, -0.15) is 0 Å². The monoisotopic (exact) mass is 459 g/mol. The summed E-state index contributed by atoms with van der Waals surface area (Å²) in [5.74, 6) is 1.30. The van der Waals surface area contributed by atoms with Crippen molar-refractivity contribution in [1.82, 2.24) is 4.90 Å². The number of rotatable bonds is 5. The maximum atomic E-state index is 10.1. The van der Waals surface area contributed by atoms with E-state index in [2.05, 4.69) is 24.8 Å². The second kappa shape index (κ2) is 9.32. The largest absolute Gasteiger partial charge is 0.508 e. The molecule has 2 aliphatic heterocycles. The normalized spacial score (nSPS) is 23.8. The van der Waals surface area contributed by atoms with Crippen molar-refractivity contribution in [3.8, 4) is 17.2 Å². The van der Waals surface area contributed by atoms with Crippen molar-refractivity contribution < 1.29 is 19.7 Å². The van der Waals surface area contributed by atoms with Crippen LogP contribution in [0.5, 0.6) is 17.2 Å². The number of piperidine rings is 1. The van der Waals surface area contributed by atoms with E-state index in [4.69, 9.17) is 9.47 Å². The zero-order valence-electron chi connectivity index (χ0n) is 19.9. The van der Waals surface area contributed by atoms with Crippen LogP contribution < -0.4 is 4.74 Å². The number of likely N-dealkylation sites (tertiary alicyclic amines) is 1. The van der Waals surface area contributed by atoms with E-state index in [9.17, 15) is 10.2 Å². The molecule has 5 heteroatoms. The van der Waals surface area contributed by atoms with Crippen LogP contribution in [0.3, 0.4) is 0 Å². The van der Waals surface area contributed by atoms with E-state index < -0.39 is 5.41 Å². The summed E-state index contributed by atoms with van der Waals surface area (Å²) in [5.41, 5.74) is 3.53. The van der Waals surface area contributed by atoms with Crippen LogP contribution >= 0.6 is 0 Å². The molecule has 0 spiro atoms. The van der Waals surface area contributed by atoms with Crippen LogP contribution in [0.1, 0.15) is 61.5 Å². The number of phenols is 2. The lowest BCUT2D eigenvalue weighted by Gasteiger charge is -2.44. The highest BCUT2D eigenvalue weighted by Crippen LogP contribution is 2.52. The van der Waals surface area contributed by atoms with Gasteiger partial charge in [-0.1, -0.05) is 42.8 Å². The SMILES string of the molecule is CC(Oc1ccccc1C1(C)c2ccc(O)cc2COC1c1ccc(O)cc1)N1CCCCC1. The van der Waals surface area contributed by atoms with E-state index >= 15 is 0 Å². The molecule has 0 bridgehead atoms. The van der Waals surface area contributed by atoms with Gasteiger partial charge in [0.15, 0.2) is 0 Å². The second-order valence-electron chi connectivity index (χ2n) is 9.64. The van der Waals surface area contributed by atoms with Crippen LogP contribution in [0.25, 0.3) is 0 Å². The first-order valence-electron chi connectivity index (χ1n) is 12.2. The Hall–Kier alpha value is -3.02. The molecule has 1 fully saturated rings. The Morgan fingerprint density at radius 2 is 1.62 bits per heavy atom.